The van der Waals surface area contributed by atoms with Crippen LogP contribution >= 0.6 is 11.6 Å². The number of ether oxygens (including phenoxy) is 1. The van der Waals surface area contributed by atoms with E-state index in [1.54, 1.807) is 24.5 Å². The van der Waals surface area contributed by atoms with Crippen LogP contribution in [0.25, 0.3) is 6.20 Å². The van der Waals surface area contributed by atoms with Crippen molar-refractivity contribution in [2.24, 2.45) is 4.99 Å². The molecular weight excluding hydrogens is 367 g/mol. The van der Waals surface area contributed by atoms with Crippen molar-refractivity contribution in [2.45, 2.75) is 13.5 Å². The summed E-state index contributed by atoms with van der Waals surface area (Å²) in [5, 5.41) is 2.14. The number of fused-ring (bicyclic) bond motifs is 1. The third-order valence-electron chi connectivity index (χ3n) is 4.27. The van der Waals surface area contributed by atoms with Gasteiger partial charge in [-0.25, -0.2) is 9.37 Å². The molecule has 0 radical (unpaired) electrons. The first-order valence-electron chi connectivity index (χ1n) is 8.37. The highest BCUT2D eigenvalue weighted by molar-refractivity contribution is 6.29. The van der Waals surface area contributed by atoms with Crippen molar-refractivity contribution in [3.63, 3.8) is 0 Å². The number of aromatic nitrogens is 2. The molecule has 0 aliphatic carbocycles. The molecule has 2 aromatic heterocycles. The Kier molecular flexibility index (Phi) is 4.73. The van der Waals surface area contributed by atoms with Crippen molar-refractivity contribution in [1.29, 1.82) is 0 Å². The lowest BCUT2D eigenvalue weighted by atomic mass is 10.1. The lowest BCUT2D eigenvalue weighted by Crippen LogP contribution is -2.36. The predicted molar refractivity (Wildman–Crippen MR) is 102 cm³/mol. The molecule has 4 rings (SSSR count). The van der Waals surface area contributed by atoms with Gasteiger partial charge in [0.1, 0.15) is 35.7 Å². The minimum atomic E-state index is -0.380. The number of hydrogen-bond acceptors (Lipinski definition) is 5. The zero-order valence-electron chi connectivity index (χ0n) is 14.6. The fourth-order valence-corrected chi connectivity index (χ4v) is 3.01. The predicted octanol–water partition coefficient (Wildman–Crippen LogP) is 2.99. The molecule has 7 heteroatoms. The van der Waals surface area contributed by atoms with E-state index >= 15 is 0 Å². The first-order valence-corrected chi connectivity index (χ1v) is 8.75. The van der Waals surface area contributed by atoms with Crippen LogP contribution < -0.4 is 20.2 Å². The zero-order valence-corrected chi connectivity index (χ0v) is 15.3. The van der Waals surface area contributed by atoms with E-state index in [9.17, 15) is 4.39 Å². The fourth-order valence-electron chi connectivity index (χ4n) is 2.84. The molecule has 27 heavy (non-hydrogen) atoms. The molecule has 5 nitrogen and oxygen atoms in total. The van der Waals surface area contributed by atoms with Crippen LogP contribution in [0.15, 0.2) is 53.8 Å². The van der Waals surface area contributed by atoms with E-state index in [2.05, 4.69) is 15.0 Å². The molecule has 0 amide bonds. The van der Waals surface area contributed by atoms with E-state index in [1.165, 1.54) is 6.07 Å². The first kappa shape index (κ1) is 17.4. The Hall–Kier alpha value is -2.99. The van der Waals surface area contributed by atoms with Crippen molar-refractivity contribution in [2.75, 3.05) is 11.6 Å². The van der Waals surface area contributed by atoms with Gasteiger partial charge in [-0.05, 0) is 36.8 Å². The largest absolute Gasteiger partial charge is 0.487 e. The highest BCUT2D eigenvalue weighted by atomic mass is 35.5. The molecule has 1 aliphatic heterocycles. The summed E-state index contributed by atoms with van der Waals surface area (Å²) in [5.41, 5.74) is 2.30. The topological polar surface area (TPSA) is 50.6 Å². The minimum absolute atomic E-state index is 0.0629. The number of benzene rings is 1. The average molecular weight is 383 g/mol. The second-order valence-corrected chi connectivity index (χ2v) is 6.52. The van der Waals surface area contributed by atoms with Crippen LogP contribution in [0.5, 0.6) is 5.75 Å². The number of halogens is 2. The minimum Gasteiger partial charge on any atom is -0.487 e. The summed E-state index contributed by atoms with van der Waals surface area (Å²) in [6.45, 7) is 2.54. The molecule has 0 N–H and O–H groups in total. The summed E-state index contributed by atoms with van der Waals surface area (Å²) >= 11 is 5.99. The molecule has 0 saturated carbocycles. The molecule has 136 valence electrons. The lowest BCUT2D eigenvalue weighted by Gasteiger charge is -2.23. The van der Waals surface area contributed by atoms with Crippen molar-refractivity contribution in [3.05, 3.63) is 81.6 Å². The Morgan fingerprint density at radius 2 is 2.11 bits per heavy atom. The van der Waals surface area contributed by atoms with Gasteiger partial charge in [0.25, 0.3) is 0 Å². The second-order valence-electron chi connectivity index (χ2n) is 6.13. The summed E-state index contributed by atoms with van der Waals surface area (Å²) < 4.78 is 19.5. The maximum absolute atomic E-state index is 13.7. The van der Waals surface area contributed by atoms with Gasteiger partial charge in [-0.2, -0.15) is 0 Å². The van der Waals surface area contributed by atoms with Crippen LogP contribution in [-0.4, -0.2) is 16.6 Å². The summed E-state index contributed by atoms with van der Waals surface area (Å²) in [5.74, 6) is 0.253. The third-order valence-corrected chi connectivity index (χ3v) is 4.48. The Morgan fingerprint density at radius 3 is 2.96 bits per heavy atom. The first-order chi connectivity index (χ1) is 13.1. The molecule has 0 atom stereocenters. The lowest BCUT2D eigenvalue weighted by molar-refractivity contribution is 0.294. The third kappa shape index (κ3) is 3.75. The number of hydrogen-bond donors (Lipinski definition) is 0. The van der Waals surface area contributed by atoms with E-state index in [-0.39, 0.29) is 18.1 Å². The van der Waals surface area contributed by atoms with Crippen LogP contribution in [0.2, 0.25) is 5.15 Å². The molecule has 1 aromatic carbocycles. The molecule has 0 spiro atoms. The number of aryl methyl sites for hydroxylation is 1. The molecule has 0 unspecified atom stereocenters. The monoisotopic (exact) mass is 382 g/mol. The molecule has 1 aliphatic rings. The van der Waals surface area contributed by atoms with Gasteiger partial charge in [0.05, 0.1) is 11.6 Å². The molecule has 3 heterocycles. The zero-order chi connectivity index (χ0) is 18.8. The summed E-state index contributed by atoms with van der Waals surface area (Å²) in [4.78, 5) is 14.6. The van der Waals surface area contributed by atoms with E-state index in [0.29, 0.717) is 17.6 Å². The van der Waals surface area contributed by atoms with Gasteiger partial charge in [-0.15, -0.1) is 0 Å². The van der Waals surface area contributed by atoms with Gasteiger partial charge in [0.2, 0.25) is 0 Å². The Balaban J connectivity index is 1.60. The molecule has 3 aromatic rings. The maximum Gasteiger partial charge on any atom is 0.148 e. The van der Waals surface area contributed by atoms with E-state index < -0.39 is 0 Å². The fraction of sp³-hybridized carbons (Fsp3) is 0.150. The summed E-state index contributed by atoms with van der Waals surface area (Å²) in [6, 6.07) is 10.4. The highest BCUT2D eigenvalue weighted by Gasteiger charge is 2.12. The Morgan fingerprint density at radius 1 is 1.22 bits per heavy atom. The van der Waals surface area contributed by atoms with E-state index in [0.717, 1.165) is 21.8 Å². The number of anilines is 1. The summed E-state index contributed by atoms with van der Waals surface area (Å²) in [7, 11) is 0. The number of nitrogens with zero attached hydrogens (tertiary/aromatic N) is 4. The van der Waals surface area contributed by atoms with Gasteiger partial charge < -0.3 is 9.64 Å². The van der Waals surface area contributed by atoms with Gasteiger partial charge in [-0.3, -0.25) is 9.98 Å². The van der Waals surface area contributed by atoms with Crippen molar-refractivity contribution >= 4 is 23.5 Å². The quantitative estimate of drug-likeness (QED) is 0.651. The van der Waals surface area contributed by atoms with Crippen LogP contribution in [0.4, 0.5) is 10.1 Å². The second kappa shape index (κ2) is 7.32. The maximum atomic E-state index is 13.7. The van der Waals surface area contributed by atoms with Crippen LogP contribution in [0.3, 0.4) is 0 Å². The standard InChI is InChI=1S/C20H16ClFN4O/c1-13-4-5-15(27-11-18-16(22)3-2-6-23-18)8-19(13)26-10-14-7-20(21)24-9-17(14)25-12-26/h2-10H,11-12H2,1H3. The molecule has 0 saturated heterocycles. The van der Waals surface area contributed by atoms with Crippen LogP contribution in [0.1, 0.15) is 11.3 Å². The Bertz CT molecular complexity index is 1120. The average Bonchev–Trinajstić information content (AvgIpc) is 2.68. The van der Waals surface area contributed by atoms with Gasteiger partial charge in [-0.1, -0.05) is 17.7 Å². The molecular formula is C20H16ClFN4O. The SMILES string of the molecule is Cc1ccc(OCc2ncccc2F)cc1N1C=c2cc(Cl)ncc2=NC1. The molecule has 0 bridgehead atoms. The van der Waals surface area contributed by atoms with Crippen molar-refractivity contribution < 1.29 is 9.13 Å². The number of pyridine rings is 2. The highest BCUT2D eigenvalue weighted by Crippen LogP contribution is 2.27. The normalized spacial score (nSPS) is 12.8. The van der Waals surface area contributed by atoms with Crippen LogP contribution in [0, 0.1) is 12.7 Å². The van der Waals surface area contributed by atoms with Crippen LogP contribution in [-0.2, 0) is 6.61 Å². The number of rotatable bonds is 4. The van der Waals surface area contributed by atoms with E-state index in [4.69, 9.17) is 16.3 Å². The Labute approximate surface area is 160 Å². The van der Waals surface area contributed by atoms with Gasteiger partial charge >= 0.3 is 0 Å². The van der Waals surface area contributed by atoms with Crippen molar-refractivity contribution in [1.82, 2.24) is 9.97 Å². The smallest absolute Gasteiger partial charge is 0.148 e. The van der Waals surface area contributed by atoms with Gasteiger partial charge in [0, 0.05) is 29.4 Å². The van der Waals surface area contributed by atoms with E-state index in [1.807, 2.05) is 36.2 Å². The summed E-state index contributed by atoms with van der Waals surface area (Å²) in [6.07, 6.45) is 5.20. The van der Waals surface area contributed by atoms with Crippen molar-refractivity contribution in [3.8, 4) is 5.75 Å². The molecule has 0 fully saturated rings. The van der Waals surface area contributed by atoms with Gasteiger partial charge in [0.15, 0.2) is 0 Å².